The number of carboxylic acids is 2. The Labute approximate surface area is 161 Å². The molecular weight excluding hydrogens is 362 g/mol. The Hall–Kier alpha value is -3.55. The van der Waals surface area contributed by atoms with E-state index in [1.54, 1.807) is 48.5 Å². The second-order valence-corrected chi connectivity index (χ2v) is 6.55. The molecule has 0 spiro atoms. The standard InChI is InChI=1S/C20H21N3O5/c24-18(13-6-7-15-12(10-13)8-9-21-15)23-17(20(27)28)11-16(19(25)26)22-14-4-2-1-3-5-14/h1-7,10,16-17,21-22H,8-9,11H2,(H,23,24)(H,25,26)(H,27,28)/t16?,17-/m0/s1. The van der Waals surface area contributed by atoms with Crippen LogP contribution in [0, 0.1) is 0 Å². The van der Waals surface area contributed by atoms with Crippen LogP contribution >= 0.6 is 0 Å². The van der Waals surface area contributed by atoms with Crippen LogP contribution in [0.25, 0.3) is 0 Å². The number of hydrogen-bond acceptors (Lipinski definition) is 5. The second-order valence-electron chi connectivity index (χ2n) is 6.55. The molecule has 5 N–H and O–H groups in total. The van der Waals surface area contributed by atoms with Crippen LogP contribution in [0.5, 0.6) is 0 Å². The van der Waals surface area contributed by atoms with E-state index in [2.05, 4.69) is 16.0 Å². The van der Waals surface area contributed by atoms with Crippen LogP contribution < -0.4 is 16.0 Å². The number of fused-ring (bicyclic) bond motifs is 1. The Bertz CT molecular complexity index is 885. The summed E-state index contributed by atoms with van der Waals surface area (Å²) >= 11 is 0. The lowest BCUT2D eigenvalue weighted by Crippen LogP contribution is -2.46. The highest BCUT2D eigenvalue weighted by molar-refractivity contribution is 5.97. The Morgan fingerprint density at radius 3 is 2.39 bits per heavy atom. The van der Waals surface area contributed by atoms with E-state index < -0.39 is 29.9 Å². The van der Waals surface area contributed by atoms with E-state index in [0.29, 0.717) is 11.3 Å². The highest BCUT2D eigenvalue weighted by Gasteiger charge is 2.29. The van der Waals surface area contributed by atoms with Gasteiger partial charge in [-0.3, -0.25) is 4.79 Å². The van der Waals surface area contributed by atoms with Crippen molar-refractivity contribution < 1.29 is 24.6 Å². The summed E-state index contributed by atoms with van der Waals surface area (Å²) in [6.45, 7) is 0.795. The van der Waals surface area contributed by atoms with Gasteiger partial charge in [-0.2, -0.15) is 0 Å². The van der Waals surface area contributed by atoms with Gasteiger partial charge in [0.1, 0.15) is 12.1 Å². The lowest BCUT2D eigenvalue weighted by atomic mass is 10.0. The first-order chi connectivity index (χ1) is 13.4. The van der Waals surface area contributed by atoms with Gasteiger partial charge in [0, 0.05) is 29.9 Å². The molecule has 2 aromatic rings. The van der Waals surface area contributed by atoms with Gasteiger partial charge in [0.2, 0.25) is 0 Å². The third-order valence-corrected chi connectivity index (χ3v) is 4.56. The molecule has 1 heterocycles. The minimum atomic E-state index is -1.35. The fourth-order valence-electron chi connectivity index (χ4n) is 3.10. The van der Waals surface area contributed by atoms with Crippen molar-refractivity contribution in [1.82, 2.24) is 5.32 Å². The van der Waals surface area contributed by atoms with Crippen molar-refractivity contribution in [2.24, 2.45) is 0 Å². The zero-order chi connectivity index (χ0) is 20.1. The van der Waals surface area contributed by atoms with Crippen molar-refractivity contribution in [2.75, 3.05) is 17.2 Å². The molecule has 28 heavy (non-hydrogen) atoms. The predicted octanol–water partition coefficient (Wildman–Crippen LogP) is 1.79. The number of carbonyl (C=O) groups is 3. The number of hydrogen-bond donors (Lipinski definition) is 5. The number of carboxylic acid groups (broad SMARTS) is 2. The lowest BCUT2D eigenvalue weighted by Gasteiger charge is -2.21. The molecule has 0 bridgehead atoms. The lowest BCUT2D eigenvalue weighted by molar-refractivity contribution is -0.141. The normalized spacial score (nSPS) is 14.3. The van der Waals surface area contributed by atoms with Crippen molar-refractivity contribution in [2.45, 2.75) is 24.9 Å². The summed E-state index contributed by atoms with van der Waals surface area (Å²) in [5.41, 5.74) is 2.85. The molecule has 0 saturated carbocycles. The number of rotatable bonds is 8. The molecule has 2 aromatic carbocycles. The minimum absolute atomic E-state index is 0.308. The molecule has 0 fully saturated rings. The number of para-hydroxylation sites is 1. The van der Waals surface area contributed by atoms with Gasteiger partial charge >= 0.3 is 11.9 Å². The number of benzene rings is 2. The zero-order valence-electron chi connectivity index (χ0n) is 15.0. The molecule has 0 saturated heterocycles. The SMILES string of the molecule is O=C(N[C@@H](CC(Nc1ccccc1)C(=O)O)C(=O)O)c1ccc2c(c1)CCN2. The molecule has 8 heteroatoms. The topological polar surface area (TPSA) is 128 Å². The van der Waals surface area contributed by atoms with Crippen molar-refractivity contribution in [1.29, 1.82) is 0 Å². The zero-order valence-corrected chi connectivity index (χ0v) is 15.0. The largest absolute Gasteiger partial charge is 0.480 e. The van der Waals surface area contributed by atoms with Crippen LogP contribution in [0.1, 0.15) is 22.3 Å². The molecule has 0 aliphatic carbocycles. The quantitative estimate of drug-likeness (QED) is 0.470. The first-order valence-corrected chi connectivity index (χ1v) is 8.89. The van der Waals surface area contributed by atoms with E-state index >= 15 is 0 Å². The van der Waals surface area contributed by atoms with Gasteiger partial charge in [-0.05, 0) is 42.3 Å². The molecule has 8 nitrogen and oxygen atoms in total. The number of nitrogens with one attached hydrogen (secondary N) is 3. The predicted molar refractivity (Wildman–Crippen MR) is 104 cm³/mol. The molecule has 0 radical (unpaired) electrons. The molecule has 1 amide bonds. The summed E-state index contributed by atoms with van der Waals surface area (Å²) in [5, 5.41) is 27.3. The van der Waals surface area contributed by atoms with Gasteiger partial charge in [0.25, 0.3) is 5.91 Å². The first kappa shape index (κ1) is 19.2. The second kappa shape index (κ2) is 8.43. The van der Waals surface area contributed by atoms with Gasteiger partial charge in [-0.15, -0.1) is 0 Å². The summed E-state index contributed by atoms with van der Waals surface area (Å²) < 4.78 is 0. The van der Waals surface area contributed by atoms with Gasteiger partial charge in [0.15, 0.2) is 0 Å². The molecule has 3 rings (SSSR count). The smallest absolute Gasteiger partial charge is 0.326 e. The Balaban J connectivity index is 1.70. The fraction of sp³-hybridized carbons (Fsp3) is 0.250. The average Bonchev–Trinajstić information content (AvgIpc) is 3.15. The van der Waals surface area contributed by atoms with Gasteiger partial charge < -0.3 is 26.2 Å². The number of aliphatic carboxylic acids is 2. The number of anilines is 2. The minimum Gasteiger partial charge on any atom is -0.480 e. The molecule has 1 unspecified atom stereocenters. The molecule has 0 aromatic heterocycles. The van der Waals surface area contributed by atoms with E-state index in [1.807, 2.05) is 0 Å². The number of amides is 1. The third kappa shape index (κ3) is 4.59. The van der Waals surface area contributed by atoms with E-state index in [9.17, 15) is 24.6 Å². The van der Waals surface area contributed by atoms with Gasteiger partial charge in [0.05, 0.1) is 0 Å². The third-order valence-electron chi connectivity index (χ3n) is 4.56. The molecule has 1 aliphatic rings. The van der Waals surface area contributed by atoms with Crippen LogP contribution in [0.4, 0.5) is 11.4 Å². The van der Waals surface area contributed by atoms with E-state index in [-0.39, 0.29) is 6.42 Å². The van der Waals surface area contributed by atoms with Crippen LogP contribution in [0.15, 0.2) is 48.5 Å². The summed E-state index contributed by atoms with van der Waals surface area (Å²) in [7, 11) is 0. The van der Waals surface area contributed by atoms with Crippen LogP contribution in [0.2, 0.25) is 0 Å². The maximum Gasteiger partial charge on any atom is 0.326 e. The summed E-state index contributed by atoms with van der Waals surface area (Å²) in [6, 6.07) is 11.2. The summed E-state index contributed by atoms with van der Waals surface area (Å²) in [4.78, 5) is 35.7. The van der Waals surface area contributed by atoms with E-state index in [4.69, 9.17) is 0 Å². The average molecular weight is 383 g/mol. The van der Waals surface area contributed by atoms with Crippen molar-refractivity contribution in [3.05, 3.63) is 59.7 Å². The summed E-state index contributed by atoms with van der Waals surface area (Å²) in [6.07, 6.45) is 0.485. The van der Waals surface area contributed by atoms with E-state index in [0.717, 1.165) is 24.2 Å². The summed E-state index contributed by atoms with van der Waals surface area (Å²) in [5.74, 6) is -3.05. The Kier molecular flexibility index (Phi) is 5.78. The maximum atomic E-state index is 12.5. The molecule has 1 aliphatic heterocycles. The first-order valence-electron chi connectivity index (χ1n) is 8.89. The Morgan fingerprint density at radius 2 is 1.71 bits per heavy atom. The molecule has 146 valence electrons. The van der Waals surface area contributed by atoms with Gasteiger partial charge in [-0.1, -0.05) is 18.2 Å². The van der Waals surface area contributed by atoms with Crippen molar-refractivity contribution >= 4 is 29.2 Å². The van der Waals surface area contributed by atoms with Gasteiger partial charge in [-0.25, -0.2) is 9.59 Å². The van der Waals surface area contributed by atoms with Crippen LogP contribution in [0.3, 0.4) is 0 Å². The monoisotopic (exact) mass is 383 g/mol. The Morgan fingerprint density at radius 1 is 1.00 bits per heavy atom. The van der Waals surface area contributed by atoms with Crippen molar-refractivity contribution in [3.8, 4) is 0 Å². The molecular formula is C20H21N3O5. The van der Waals surface area contributed by atoms with E-state index in [1.165, 1.54) is 0 Å². The fourth-order valence-corrected chi connectivity index (χ4v) is 3.10. The maximum absolute atomic E-state index is 12.5. The number of carbonyl (C=O) groups excluding carboxylic acids is 1. The highest BCUT2D eigenvalue weighted by atomic mass is 16.4. The molecule has 2 atom stereocenters. The van der Waals surface area contributed by atoms with Crippen molar-refractivity contribution in [3.63, 3.8) is 0 Å². The highest BCUT2D eigenvalue weighted by Crippen LogP contribution is 2.23. The van der Waals surface area contributed by atoms with Crippen LogP contribution in [-0.4, -0.2) is 46.7 Å². The van der Waals surface area contributed by atoms with Crippen LogP contribution in [-0.2, 0) is 16.0 Å².